The Balaban J connectivity index is 1.76. The van der Waals surface area contributed by atoms with Crippen molar-refractivity contribution in [3.63, 3.8) is 0 Å². The number of para-hydroxylation sites is 1. The summed E-state index contributed by atoms with van der Waals surface area (Å²) < 4.78 is 8.24. The van der Waals surface area contributed by atoms with E-state index >= 15 is 0 Å². The molecule has 0 unspecified atom stereocenters. The molecule has 25 heavy (non-hydrogen) atoms. The van der Waals surface area contributed by atoms with Gasteiger partial charge in [0.25, 0.3) is 5.91 Å². The molecule has 0 aliphatic heterocycles. The van der Waals surface area contributed by atoms with Gasteiger partial charge in [-0.2, -0.15) is 0 Å². The Bertz CT molecular complexity index is 944. The van der Waals surface area contributed by atoms with E-state index in [1.54, 1.807) is 17.6 Å². The van der Waals surface area contributed by atoms with Crippen LogP contribution in [0, 0.1) is 0 Å². The standard InChI is InChI=1S/C19H20N2O3S/c1-12(2)21-16-10-9-14(11-17(16)25-19(21)23)20-18(22)13(3)24-15-7-5-4-6-8-15/h4-13H,1-3H3,(H,20,22)/t13-/m1/s1. The summed E-state index contributed by atoms with van der Waals surface area (Å²) in [7, 11) is 0. The van der Waals surface area contributed by atoms with Crippen LogP contribution in [-0.2, 0) is 4.79 Å². The number of ether oxygens (including phenoxy) is 1. The third-order valence-corrected chi connectivity index (χ3v) is 4.74. The van der Waals surface area contributed by atoms with E-state index in [4.69, 9.17) is 4.74 Å². The van der Waals surface area contributed by atoms with Crippen LogP contribution in [0.2, 0.25) is 0 Å². The molecule has 5 nitrogen and oxygen atoms in total. The largest absolute Gasteiger partial charge is 0.481 e. The smallest absolute Gasteiger partial charge is 0.308 e. The number of thiazole rings is 1. The Kier molecular flexibility index (Phi) is 4.90. The van der Waals surface area contributed by atoms with Gasteiger partial charge in [0.05, 0.1) is 10.2 Å². The van der Waals surface area contributed by atoms with Crippen molar-refractivity contribution in [1.29, 1.82) is 0 Å². The number of nitrogens with zero attached hydrogens (tertiary/aromatic N) is 1. The van der Waals surface area contributed by atoms with Gasteiger partial charge in [-0.15, -0.1) is 0 Å². The van der Waals surface area contributed by atoms with Crippen molar-refractivity contribution in [2.45, 2.75) is 32.9 Å². The second-order valence-corrected chi connectivity index (χ2v) is 7.07. The van der Waals surface area contributed by atoms with Gasteiger partial charge in [0.2, 0.25) is 0 Å². The topological polar surface area (TPSA) is 60.3 Å². The van der Waals surface area contributed by atoms with E-state index in [1.807, 2.05) is 56.3 Å². The van der Waals surface area contributed by atoms with Crippen LogP contribution in [0.5, 0.6) is 5.75 Å². The molecule has 1 aromatic heterocycles. The molecule has 3 aromatic rings. The summed E-state index contributed by atoms with van der Waals surface area (Å²) in [5.41, 5.74) is 1.54. The molecule has 1 N–H and O–H groups in total. The van der Waals surface area contributed by atoms with E-state index in [2.05, 4.69) is 5.32 Å². The van der Waals surface area contributed by atoms with Crippen molar-refractivity contribution in [1.82, 2.24) is 4.57 Å². The number of amides is 1. The maximum Gasteiger partial charge on any atom is 0.308 e. The lowest BCUT2D eigenvalue weighted by Gasteiger charge is -2.15. The fourth-order valence-corrected chi connectivity index (χ4v) is 3.66. The van der Waals surface area contributed by atoms with Crippen LogP contribution in [0.1, 0.15) is 26.8 Å². The van der Waals surface area contributed by atoms with E-state index in [9.17, 15) is 9.59 Å². The zero-order chi connectivity index (χ0) is 18.0. The lowest BCUT2D eigenvalue weighted by Crippen LogP contribution is -2.30. The van der Waals surface area contributed by atoms with Crippen molar-refractivity contribution in [2.24, 2.45) is 0 Å². The molecule has 6 heteroatoms. The second-order valence-electron chi connectivity index (χ2n) is 6.08. The maximum absolute atomic E-state index is 12.3. The molecule has 0 saturated heterocycles. The molecule has 2 aromatic carbocycles. The van der Waals surface area contributed by atoms with E-state index < -0.39 is 6.10 Å². The molecule has 130 valence electrons. The average Bonchev–Trinajstić information content (AvgIpc) is 2.90. The van der Waals surface area contributed by atoms with E-state index in [0.29, 0.717) is 11.4 Å². The molecular formula is C19H20N2O3S. The number of hydrogen-bond acceptors (Lipinski definition) is 4. The molecule has 1 amide bonds. The van der Waals surface area contributed by atoms with Gasteiger partial charge in [0.15, 0.2) is 6.10 Å². The molecule has 0 spiro atoms. The summed E-state index contributed by atoms with van der Waals surface area (Å²) in [5.74, 6) is 0.409. The number of benzene rings is 2. The van der Waals surface area contributed by atoms with E-state index in [0.717, 1.165) is 10.2 Å². The predicted octanol–water partition coefficient (Wildman–Crippen LogP) is 4.05. The highest BCUT2D eigenvalue weighted by Gasteiger charge is 2.16. The van der Waals surface area contributed by atoms with Crippen LogP contribution >= 0.6 is 11.3 Å². The zero-order valence-corrected chi connectivity index (χ0v) is 15.2. The normalized spacial score (nSPS) is 12.3. The van der Waals surface area contributed by atoms with Gasteiger partial charge in [-0.1, -0.05) is 29.5 Å². The summed E-state index contributed by atoms with van der Waals surface area (Å²) in [4.78, 5) is 24.4. The Labute approximate surface area is 149 Å². The van der Waals surface area contributed by atoms with Crippen molar-refractivity contribution < 1.29 is 9.53 Å². The van der Waals surface area contributed by atoms with Crippen molar-refractivity contribution in [2.75, 3.05) is 5.32 Å². The fourth-order valence-electron chi connectivity index (χ4n) is 2.60. The van der Waals surface area contributed by atoms with Crippen LogP contribution in [0.15, 0.2) is 53.3 Å². The van der Waals surface area contributed by atoms with E-state index in [-0.39, 0.29) is 16.8 Å². The first-order valence-electron chi connectivity index (χ1n) is 8.13. The van der Waals surface area contributed by atoms with Gasteiger partial charge in [-0.3, -0.25) is 14.2 Å². The molecule has 0 radical (unpaired) electrons. The number of fused-ring (bicyclic) bond motifs is 1. The highest BCUT2D eigenvalue weighted by Crippen LogP contribution is 2.24. The van der Waals surface area contributed by atoms with Gasteiger partial charge < -0.3 is 10.1 Å². The lowest BCUT2D eigenvalue weighted by molar-refractivity contribution is -0.122. The minimum absolute atomic E-state index is 0.00857. The SMILES string of the molecule is CC(C)n1c(=O)sc2cc(NC(=O)[C@@H](C)Oc3ccccc3)ccc21. The van der Waals surface area contributed by atoms with Crippen molar-refractivity contribution in [3.05, 3.63) is 58.2 Å². The van der Waals surface area contributed by atoms with Crippen molar-refractivity contribution in [3.8, 4) is 5.75 Å². The van der Waals surface area contributed by atoms with Crippen LogP contribution in [0.4, 0.5) is 5.69 Å². The molecule has 3 rings (SSSR count). The molecule has 1 atom stereocenters. The minimum Gasteiger partial charge on any atom is -0.481 e. The molecule has 0 bridgehead atoms. The number of hydrogen-bond donors (Lipinski definition) is 1. The molecule has 1 heterocycles. The second kappa shape index (κ2) is 7.11. The Hall–Kier alpha value is -2.60. The molecule has 0 aliphatic rings. The minimum atomic E-state index is -0.628. The van der Waals surface area contributed by atoms with Crippen LogP contribution < -0.4 is 14.9 Å². The molecule has 0 aliphatic carbocycles. The average molecular weight is 356 g/mol. The summed E-state index contributed by atoms with van der Waals surface area (Å²) in [5, 5.41) is 2.84. The summed E-state index contributed by atoms with van der Waals surface area (Å²) in [6.45, 7) is 5.66. The van der Waals surface area contributed by atoms with Gasteiger partial charge in [-0.25, -0.2) is 0 Å². The summed E-state index contributed by atoms with van der Waals surface area (Å²) in [6, 6.07) is 14.8. The van der Waals surface area contributed by atoms with Crippen molar-refractivity contribution >= 4 is 33.1 Å². The number of carbonyl (C=O) groups excluding carboxylic acids is 1. The lowest BCUT2D eigenvalue weighted by atomic mass is 10.2. The molecule has 0 fully saturated rings. The number of rotatable bonds is 5. The third kappa shape index (κ3) is 3.74. The Morgan fingerprint density at radius 1 is 1.12 bits per heavy atom. The van der Waals surface area contributed by atoms with Crippen LogP contribution in [0.3, 0.4) is 0 Å². The highest BCUT2D eigenvalue weighted by atomic mass is 32.1. The highest BCUT2D eigenvalue weighted by molar-refractivity contribution is 7.16. The third-order valence-electron chi connectivity index (χ3n) is 3.82. The molecule has 0 saturated carbocycles. The fraction of sp³-hybridized carbons (Fsp3) is 0.263. The number of aromatic nitrogens is 1. The first-order valence-corrected chi connectivity index (χ1v) is 8.95. The van der Waals surface area contributed by atoms with E-state index in [1.165, 1.54) is 11.3 Å². The quantitative estimate of drug-likeness (QED) is 0.750. The van der Waals surface area contributed by atoms with Crippen LogP contribution in [-0.4, -0.2) is 16.6 Å². The number of nitrogens with one attached hydrogen (secondary N) is 1. The first kappa shape index (κ1) is 17.2. The van der Waals surface area contributed by atoms with Crippen LogP contribution in [0.25, 0.3) is 10.2 Å². The summed E-state index contributed by atoms with van der Waals surface area (Å²) in [6.07, 6.45) is -0.628. The van der Waals surface area contributed by atoms with Gasteiger partial charge >= 0.3 is 4.87 Å². The van der Waals surface area contributed by atoms with Gasteiger partial charge in [-0.05, 0) is 51.1 Å². The number of anilines is 1. The summed E-state index contributed by atoms with van der Waals surface area (Å²) >= 11 is 1.18. The predicted molar refractivity (Wildman–Crippen MR) is 102 cm³/mol. The maximum atomic E-state index is 12.3. The first-order chi connectivity index (χ1) is 12.0. The van der Waals surface area contributed by atoms with Gasteiger partial charge in [0, 0.05) is 11.7 Å². The van der Waals surface area contributed by atoms with Gasteiger partial charge in [0.1, 0.15) is 5.75 Å². The molecular weight excluding hydrogens is 336 g/mol. The number of carbonyl (C=O) groups is 1. The zero-order valence-electron chi connectivity index (χ0n) is 14.4. The monoisotopic (exact) mass is 356 g/mol. The Morgan fingerprint density at radius 3 is 2.52 bits per heavy atom. The Morgan fingerprint density at radius 2 is 1.84 bits per heavy atom.